The molecule has 5 nitrogen and oxygen atoms in total. The van der Waals surface area contributed by atoms with Gasteiger partial charge in [-0.1, -0.05) is 12.1 Å². The third-order valence-electron chi connectivity index (χ3n) is 3.94. The number of nitrogens with zero attached hydrogens (tertiary/aromatic N) is 1. The Balaban J connectivity index is 1.50. The van der Waals surface area contributed by atoms with Gasteiger partial charge < -0.3 is 15.0 Å². The van der Waals surface area contributed by atoms with Crippen LogP contribution in [-0.4, -0.2) is 34.6 Å². The Morgan fingerprint density at radius 2 is 2.38 bits per heavy atom. The number of rotatable bonds is 5. The average Bonchev–Trinajstić information content (AvgIpc) is 3.14. The van der Waals surface area contributed by atoms with Gasteiger partial charge in [-0.3, -0.25) is 4.79 Å². The molecule has 0 saturated carbocycles. The first kappa shape index (κ1) is 14.1. The lowest BCUT2D eigenvalue weighted by atomic mass is 10.1. The Kier molecular flexibility index (Phi) is 4.20. The Bertz CT molecular complexity index is 584. The molecule has 2 atom stereocenters. The molecule has 1 aromatic heterocycles. The number of imidazole rings is 1. The second-order valence-corrected chi connectivity index (χ2v) is 5.61. The molecule has 0 aliphatic carbocycles. The second-order valence-electron chi connectivity index (χ2n) is 5.61. The molecule has 1 fully saturated rings. The fraction of sp³-hybridized carbons (Fsp3) is 0.500. The lowest BCUT2D eigenvalue weighted by Crippen LogP contribution is -2.40. The molecule has 2 heterocycles. The van der Waals surface area contributed by atoms with Crippen LogP contribution in [-0.2, 0) is 16.0 Å². The summed E-state index contributed by atoms with van der Waals surface area (Å²) in [6.45, 7) is 2.82. The molecule has 3 rings (SSSR count). The van der Waals surface area contributed by atoms with Crippen molar-refractivity contribution in [3.63, 3.8) is 0 Å². The quantitative estimate of drug-likeness (QED) is 0.885. The van der Waals surface area contributed by atoms with Crippen LogP contribution in [0.2, 0.25) is 0 Å². The Morgan fingerprint density at radius 1 is 1.52 bits per heavy atom. The van der Waals surface area contributed by atoms with Gasteiger partial charge in [0, 0.05) is 19.4 Å². The summed E-state index contributed by atoms with van der Waals surface area (Å²) in [5.74, 6) is 0.912. The minimum Gasteiger partial charge on any atom is -0.376 e. The number of para-hydroxylation sites is 2. The lowest BCUT2D eigenvalue weighted by molar-refractivity contribution is -0.122. The molecule has 0 bridgehead atoms. The van der Waals surface area contributed by atoms with Gasteiger partial charge in [-0.25, -0.2) is 4.98 Å². The highest BCUT2D eigenvalue weighted by molar-refractivity contribution is 5.77. The van der Waals surface area contributed by atoms with Gasteiger partial charge in [-0.2, -0.15) is 0 Å². The maximum atomic E-state index is 12.0. The number of hydrogen-bond donors (Lipinski definition) is 2. The first-order valence-corrected chi connectivity index (χ1v) is 7.57. The molecule has 1 aromatic carbocycles. The molecule has 2 N–H and O–H groups in total. The van der Waals surface area contributed by atoms with Gasteiger partial charge in [0.25, 0.3) is 0 Å². The number of aromatic nitrogens is 2. The van der Waals surface area contributed by atoms with Crippen molar-refractivity contribution in [1.82, 2.24) is 15.3 Å². The second kappa shape index (κ2) is 6.26. The van der Waals surface area contributed by atoms with Gasteiger partial charge in [-0.05, 0) is 31.9 Å². The third-order valence-corrected chi connectivity index (χ3v) is 3.94. The predicted octanol–water partition coefficient (Wildman–Crippen LogP) is 2.18. The van der Waals surface area contributed by atoms with Crippen LogP contribution in [0.1, 0.15) is 32.0 Å². The Morgan fingerprint density at radius 3 is 3.14 bits per heavy atom. The first-order valence-electron chi connectivity index (χ1n) is 7.57. The Labute approximate surface area is 124 Å². The molecule has 21 heavy (non-hydrogen) atoms. The van der Waals surface area contributed by atoms with Crippen molar-refractivity contribution in [2.24, 2.45) is 0 Å². The summed E-state index contributed by atoms with van der Waals surface area (Å²) >= 11 is 0. The summed E-state index contributed by atoms with van der Waals surface area (Å²) in [6, 6.07) is 7.97. The monoisotopic (exact) mass is 287 g/mol. The molecular weight excluding hydrogens is 266 g/mol. The number of benzene rings is 1. The third kappa shape index (κ3) is 3.42. The average molecular weight is 287 g/mol. The molecule has 0 spiro atoms. The van der Waals surface area contributed by atoms with Crippen LogP contribution in [0.15, 0.2) is 24.3 Å². The van der Waals surface area contributed by atoms with E-state index >= 15 is 0 Å². The van der Waals surface area contributed by atoms with Crippen molar-refractivity contribution >= 4 is 16.9 Å². The van der Waals surface area contributed by atoms with E-state index in [1.807, 2.05) is 31.2 Å². The number of amides is 1. The zero-order valence-electron chi connectivity index (χ0n) is 12.3. The van der Waals surface area contributed by atoms with E-state index in [0.717, 1.165) is 36.3 Å². The van der Waals surface area contributed by atoms with Crippen LogP contribution in [0.4, 0.5) is 0 Å². The van der Waals surface area contributed by atoms with E-state index < -0.39 is 0 Å². The normalized spacial score (nSPS) is 19.8. The number of H-pyrrole nitrogens is 1. The first-order chi connectivity index (χ1) is 10.2. The van der Waals surface area contributed by atoms with Crippen LogP contribution in [0, 0.1) is 0 Å². The molecule has 1 aliphatic heterocycles. The van der Waals surface area contributed by atoms with Gasteiger partial charge in [0.1, 0.15) is 5.82 Å². The zero-order chi connectivity index (χ0) is 14.7. The summed E-state index contributed by atoms with van der Waals surface area (Å²) in [6.07, 6.45) is 3.35. The number of carbonyl (C=O) groups excluding carboxylic acids is 1. The van der Waals surface area contributed by atoms with Crippen molar-refractivity contribution in [2.75, 3.05) is 6.61 Å². The molecule has 0 radical (unpaired) electrons. The van der Waals surface area contributed by atoms with Crippen molar-refractivity contribution < 1.29 is 9.53 Å². The van der Waals surface area contributed by atoms with Crippen LogP contribution in [0.3, 0.4) is 0 Å². The lowest BCUT2D eigenvalue weighted by Gasteiger charge is -2.19. The summed E-state index contributed by atoms with van der Waals surface area (Å²) in [7, 11) is 0. The molecule has 5 heteroatoms. The fourth-order valence-electron chi connectivity index (χ4n) is 2.77. The van der Waals surface area contributed by atoms with Crippen molar-refractivity contribution in [2.45, 2.75) is 44.8 Å². The highest BCUT2D eigenvalue weighted by Crippen LogP contribution is 2.15. The summed E-state index contributed by atoms with van der Waals surface area (Å²) in [5, 5.41) is 3.02. The van der Waals surface area contributed by atoms with Crippen molar-refractivity contribution in [3.05, 3.63) is 30.1 Å². The molecular formula is C16H21N3O2. The minimum absolute atomic E-state index is 0.0541. The largest absolute Gasteiger partial charge is 0.376 e. The maximum absolute atomic E-state index is 12.0. The van der Waals surface area contributed by atoms with E-state index in [9.17, 15) is 4.79 Å². The van der Waals surface area contributed by atoms with Crippen LogP contribution < -0.4 is 5.32 Å². The molecule has 1 amide bonds. The molecule has 112 valence electrons. The molecule has 2 aromatic rings. The van der Waals surface area contributed by atoms with E-state index in [1.54, 1.807) is 0 Å². The van der Waals surface area contributed by atoms with E-state index in [-0.39, 0.29) is 18.1 Å². The van der Waals surface area contributed by atoms with Gasteiger partial charge >= 0.3 is 0 Å². The van der Waals surface area contributed by atoms with Gasteiger partial charge in [0.05, 0.1) is 23.2 Å². The number of aryl methyl sites for hydroxylation is 1. The van der Waals surface area contributed by atoms with E-state index in [4.69, 9.17) is 4.74 Å². The number of aromatic amines is 1. The van der Waals surface area contributed by atoms with Crippen molar-refractivity contribution in [1.29, 1.82) is 0 Å². The SMILES string of the molecule is CC(NC(=O)CCc1nc2ccccc2[nH]1)C1CCCO1. The topological polar surface area (TPSA) is 67.0 Å². The molecule has 2 unspecified atom stereocenters. The summed E-state index contributed by atoms with van der Waals surface area (Å²) in [5.41, 5.74) is 1.96. The van der Waals surface area contributed by atoms with Crippen LogP contribution >= 0.6 is 0 Å². The van der Waals surface area contributed by atoms with Gasteiger partial charge in [0.2, 0.25) is 5.91 Å². The van der Waals surface area contributed by atoms with Crippen LogP contribution in [0.5, 0.6) is 0 Å². The molecule has 1 saturated heterocycles. The minimum atomic E-state index is 0.0541. The van der Waals surface area contributed by atoms with E-state index in [0.29, 0.717) is 12.8 Å². The van der Waals surface area contributed by atoms with Crippen molar-refractivity contribution in [3.8, 4) is 0 Å². The predicted molar refractivity (Wildman–Crippen MR) is 81.0 cm³/mol. The number of ether oxygens (including phenoxy) is 1. The van der Waals surface area contributed by atoms with Gasteiger partial charge in [0.15, 0.2) is 0 Å². The number of nitrogens with one attached hydrogen (secondary N) is 2. The summed E-state index contributed by atoms with van der Waals surface area (Å²) < 4.78 is 5.59. The summed E-state index contributed by atoms with van der Waals surface area (Å²) in [4.78, 5) is 19.7. The van der Waals surface area contributed by atoms with Gasteiger partial charge in [-0.15, -0.1) is 0 Å². The number of fused-ring (bicyclic) bond motifs is 1. The van der Waals surface area contributed by atoms with E-state index in [2.05, 4.69) is 15.3 Å². The fourth-order valence-corrected chi connectivity index (χ4v) is 2.77. The van der Waals surface area contributed by atoms with Crippen LogP contribution in [0.25, 0.3) is 11.0 Å². The number of hydrogen-bond acceptors (Lipinski definition) is 3. The Hall–Kier alpha value is -1.88. The highest BCUT2D eigenvalue weighted by Gasteiger charge is 2.23. The smallest absolute Gasteiger partial charge is 0.220 e. The molecule has 1 aliphatic rings. The zero-order valence-corrected chi connectivity index (χ0v) is 12.3. The standard InChI is InChI=1S/C16H21N3O2/c1-11(14-7-4-10-21-14)17-16(20)9-8-15-18-12-5-2-3-6-13(12)19-15/h2-3,5-6,11,14H,4,7-10H2,1H3,(H,17,20)(H,18,19). The number of carbonyl (C=O) groups is 1. The highest BCUT2D eigenvalue weighted by atomic mass is 16.5. The maximum Gasteiger partial charge on any atom is 0.220 e. The van der Waals surface area contributed by atoms with E-state index in [1.165, 1.54) is 0 Å².